The molecule has 0 bridgehead atoms. The van der Waals surface area contributed by atoms with Gasteiger partial charge >= 0.3 is 5.97 Å². The summed E-state index contributed by atoms with van der Waals surface area (Å²) in [6.07, 6.45) is 0. The molecule has 0 saturated heterocycles. The maximum atomic E-state index is 11.3. The lowest BCUT2D eigenvalue weighted by Gasteiger charge is -2.22. The Kier molecular flexibility index (Phi) is 3.45. The highest BCUT2D eigenvalue weighted by Crippen LogP contribution is 2.25. The summed E-state index contributed by atoms with van der Waals surface area (Å²) in [5.41, 5.74) is 0.819. The van der Waals surface area contributed by atoms with Gasteiger partial charge in [-0.15, -0.1) is 0 Å². The normalized spacial score (nSPS) is 11.6. The Bertz CT molecular complexity index is 650. The molecule has 2 aromatic rings. The van der Waals surface area contributed by atoms with Crippen molar-refractivity contribution in [3.8, 4) is 0 Å². The van der Waals surface area contributed by atoms with Crippen molar-refractivity contribution in [1.82, 2.24) is 9.97 Å². The van der Waals surface area contributed by atoms with Crippen LogP contribution in [0.2, 0.25) is 0 Å². The van der Waals surface area contributed by atoms with E-state index >= 15 is 0 Å². The van der Waals surface area contributed by atoms with Crippen LogP contribution in [0.1, 0.15) is 31.3 Å². The molecule has 0 atom stereocenters. The summed E-state index contributed by atoms with van der Waals surface area (Å²) in [7, 11) is 0. The Balaban J connectivity index is 2.69. The fourth-order valence-corrected chi connectivity index (χ4v) is 2.08. The van der Waals surface area contributed by atoms with Gasteiger partial charge < -0.3 is 10.4 Å². The molecule has 0 spiro atoms. The van der Waals surface area contributed by atoms with Crippen LogP contribution in [0.15, 0.2) is 22.7 Å². The number of aromatic carboxylic acids is 1. The summed E-state index contributed by atoms with van der Waals surface area (Å²) >= 11 is 3.39. The fraction of sp³-hybridized carbons (Fsp3) is 0.308. The Morgan fingerprint density at radius 1 is 1.32 bits per heavy atom. The molecule has 1 aromatic heterocycles. The van der Waals surface area contributed by atoms with Crippen LogP contribution in [0.3, 0.4) is 0 Å². The molecular formula is C13H14BrN3O2. The van der Waals surface area contributed by atoms with E-state index in [0.29, 0.717) is 11.0 Å². The molecule has 0 fully saturated rings. The first kappa shape index (κ1) is 13.7. The highest BCUT2D eigenvalue weighted by molar-refractivity contribution is 9.10. The molecule has 2 rings (SSSR count). The smallest absolute Gasteiger partial charge is 0.358 e. The molecule has 0 unspecified atom stereocenters. The Labute approximate surface area is 119 Å². The second-order valence-electron chi connectivity index (χ2n) is 5.21. The highest BCUT2D eigenvalue weighted by Gasteiger charge is 2.20. The third-order valence-electron chi connectivity index (χ3n) is 2.34. The Morgan fingerprint density at radius 2 is 2.00 bits per heavy atom. The molecule has 1 aromatic carbocycles. The van der Waals surface area contributed by atoms with Crippen molar-refractivity contribution in [2.45, 2.75) is 26.3 Å². The lowest BCUT2D eigenvalue weighted by atomic mass is 10.1. The second kappa shape index (κ2) is 4.77. The number of para-hydroxylation sites is 1. The number of carbonyl (C=O) groups is 1. The van der Waals surface area contributed by atoms with Gasteiger partial charge in [-0.25, -0.2) is 14.8 Å². The molecule has 0 amide bonds. The summed E-state index contributed by atoms with van der Waals surface area (Å²) in [5, 5.41) is 12.3. The molecule has 0 radical (unpaired) electrons. The predicted molar refractivity (Wildman–Crippen MR) is 77.6 cm³/mol. The zero-order valence-electron chi connectivity index (χ0n) is 10.9. The molecular weight excluding hydrogens is 310 g/mol. The van der Waals surface area contributed by atoms with Gasteiger partial charge in [0.05, 0.1) is 5.52 Å². The number of carboxylic acids is 1. The molecule has 0 aliphatic heterocycles. The minimum Gasteiger partial charge on any atom is -0.476 e. The summed E-state index contributed by atoms with van der Waals surface area (Å²) in [6, 6.07) is 5.38. The molecule has 100 valence electrons. The first-order valence-corrected chi connectivity index (χ1v) is 6.55. The summed E-state index contributed by atoms with van der Waals surface area (Å²) in [4.78, 5) is 19.8. The van der Waals surface area contributed by atoms with Gasteiger partial charge in [0, 0.05) is 10.0 Å². The summed E-state index contributed by atoms with van der Waals surface area (Å²) in [6.45, 7) is 5.81. The van der Waals surface area contributed by atoms with Crippen LogP contribution >= 0.6 is 15.9 Å². The van der Waals surface area contributed by atoms with Gasteiger partial charge in [0.1, 0.15) is 5.52 Å². The lowest BCUT2D eigenvalue weighted by molar-refractivity contribution is 0.0691. The Hall–Kier alpha value is -1.69. The van der Waals surface area contributed by atoms with E-state index in [4.69, 9.17) is 0 Å². The van der Waals surface area contributed by atoms with Crippen molar-refractivity contribution in [1.29, 1.82) is 0 Å². The second-order valence-corrected chi connectivity index (χ2v) is 6.06. The van der Waals surface area contributed by atoms with Gasteiger partial charge in [-0.05, 0) is 48.8 Å². The van der Waals surface area contributed by atoms with Gasteiger partial charge in [-0.1, -0.05) is 6.07 Å². The molecule has 5 nitrogen and oxygen atoms in total. The minimum atomic E-state index is -1.10. The van der Waals surface area contributed by atoms with Crippen molar-refractivity contribution >= 4 is 38.8 Å². The van der Waals surface area contributed by atoms with E-state index in [1.807, 2.05) is 26.8 Å². The molecule has 1 heterocycles. The quantitative estimate of drug-likeness (QED) is 0.886. The average molecular weight is 324 g/mol. The summed E-state index contributed by atoms with van der Waals surface area (Å²) < 4.78 is 0.784. The monoisotopic (exact) mass is 323 g/mol. The van der Waals surface area contributed by atoms with Gasteiger partial charge in [0.25, 0.3) is 0 Å². The third-order valence-corrected chi connectivity index (χ3v) is 2.98. The number of nitrogens with zero attached hydrogens (tertiary/aromatic N) is 2. The number of halogens is 1. The van der Waals surface area contributed by atoms with Crippen molar-refractivity contribution in [3.63, 3.8) is 0 Å². The average Bonchev–Trinajstić information content (AvgIpc) is 2.27. The number of nitrogens with one attached hydrogen (secondary N) is 1. The number of hydrogen-bond acceptors (Lipinski definition) is 4. The number of anilines is 1. The van der Waals surface area contributed by atoms with E-state index in [0.717, 1.165) is 4.47 Å². The molecule has 19 heavy (non-hydrogen) atoms. The van der Waals surface area contributed by atoms with Crippen LogP contribution in [0.4, 0.5) is 5.82 Å². The number of aromatic nitrogens is 2. The third kappa shape index (κ3) is 3.01. The maximum Gasteiger partial charge on any atom is 0.358 e. The highest BCUT2D eigenvalue weighted by atomic mass is 79.9. The van der Waals surface area contributed by atoms with E-state index in [1.54, 1.807) is 12.1 Å². The fourth-order valence-electron chi connectivity index (χ4n) is 1.63. The van der Waals surface area contributed by atoms with Crippen molar-refractivity contribution in [3.05, 3.63) is 28.4 Å². The van der Waals surface area contributed by atoms with E-state index in [2.05, 4.69) is 31.2 Å². The van der Waals surface area contributed by atoms with Crippen molar-refractivity contribution in [2.75, 3.05) is 5.32 Å². The van der Waals surface area contributed by atoms with Gasteiger partial charge in [0.2, 0.25) is 0 Å². The minimum absolute atomic E-state index is 0.0690. The topological polar surface area (TPSA) is 75.1 Å². The zero-order valence-corrected chi connectivity index (χ0v) is 12.4. The van der Waals surface area contributed by atoms with E-state index in [1.165, 1.54) is 0 Å². The lowest BCUT2D eigenvalue weighted by Crippen LogP contribution is -2.28. The standard InChI is InChI=1S/C13H14BrN3O2/c1-13(2,3)17-11-10(12(18)19)15-8-6-4-5-7(14)9(8)16-11/h4-6H,1-3H3,(H,16,17)(H,18,19). The molecule has 0 aliphatic rings. The van der Waals surface area contributed by atoms with Gasteiger partial charge in [-0.3, -0.25) is 0 Å². The SMILES string of the molecule is CC(C)(C)Nc1nc2c(Br)cccc2nc1C(=O)O. The van der Waals surface area contributed by atoms with E-state index in [9.17, 15) is 9.90 Å². The van der Waals surface area contributed by atoms with Gasteiger partial charge in [-0.2, -0.15) is 0 Å². The van der Waals surface area contributed by atoms with Gasteiger partial charge in [0.15, 0.2) is 11.5 Å². The maximum absolute atomic E-state index is 11.3. The van der Waals surface area contributed by atoms with Crippen LogP contribution in [0, 0.1) is 0 Å². The number of rotatable bonds is 2. The number of carboxylic acid groups (broad SMARTS) is 1. The van der Waals surface area contributed by atoms with Crippen LogP contribution in [0.25, 0.3) is 11.0 Å². The van der Waals surface area contributed by atoms with Crippen LogP contribution in [-0.2, 0) is 0 Å². The van der Waals surface area contributed by atoms with Crippen LogP contribution < -0.4 is 5.32 Å². The summed E-state index contributed by atoms with van der Waals surface area (Å²) in [5.74, 6) is -0.819. The van der Waals surface area contributed by atoms with Crippen LogP contribution in [0.5, 0.6) is 0 Å². The first-order valence-electron chi connectivity index (χ1n) is 5.76. The van der Waals surface area contributed by atoms with Crippen molar-refractivity contribution < 1.29 is 9.90 Å². The Morgan fingerprint density at radius 3 is 2.58 bits per heavy atom. The predicted octanol–water partition coefficient (Wildman–Crippen LogP) is 3.30. The molecule has 0 aliphatic carbocycles. The molecule has 6 heteroatoms. The molecule has 0 saturated carbocycles. The van der Waals surface area contributed by atoms with E-state index in [-0.39, 0.29) is 17.1 Å². The van der Waals surface area contributed by atoms with Crippen LogP contribution in [-0.4, -0.2) is 26.6 Å². The number of hydrogen-bond donors (Lipinski definition) is 2. The first-order chi connectivity index (χ1) is 8.78. The number of fused-ring (bicyclic) bond motifs is 1. The van der Waals surface area contributed by atoms with E-state index < -0.39 is 5.97 Å². The largest absolute Gasteiger partial charge is 0.476 e. The zero-order chi connectivity index (χ0) is 14.2. The van der Waals surface area contributed by atoms with Crippen molar-refractivity contribution in [2.24, 2.45) is 0 Å². The molecule has 2 N–H and O–H groups in total. The number of benzene rings is 1.